The summed E-state index contributed by atoms with van der Waals surface area (Å²) in [5.74, 6) is -3.00. The van der Waals surface area contributed by atoms with E-state index in [0.717, 1.165) is 0 Å². The Bertz CT molecular complexity index is 1190. The molecule has 0 aliphatic rings. The molecule has 4 N–H and O–H groups in total. The quantitative estimate of drug-likeness (QED) is 0.250. The summed E-state index contributed by atoms with van der Waals surface area (Å²) in [6, 6.07) is 18.1. The van der Waals surface area contributed by atoms with Gasteiger partial charge >= 0.3 is 23.6 Å². The Morgan fingerprint density at radius 3 is 2.27 bits per heavy atom. The molecule has 4 amide bonds. The van der Waals surface area contributed by atoms with Crippen LogP contribution in [0.2, 0.25) is 5.02 Å². The van der Waals surface area contributed by atoms with Crippen molar-refractivity contribution in [3.05, 3.63) is 83.3 Å². The van der Waals surface area contributed by atoms with Gasteiger partial charge in [-0.1, -0.05) is 41.9 Å². The molecule has 0 aliphatic heterocycles. The highest BCUT2D eigenvalue weighted by atomic mass is 35.5. The normalized spacial score (nSPS) is 10.5. The van der Waals surface area contributed by atoms with E-state index in [1.807, 2.05) is 0 Å². The van der Waals surface area contributed by atoms with Crippen molar-refractivity contribution in [1.82, 2.24) is 10.7 Å². The van der Waals surface area contributed by atoms with Crippen LogP contribution < -0.4 is 21.4 Å². The number of halogens is 1. The van der Waals surface area contributed by atoms with Gasteiger partial charge in [0.2, 0.25) is 0 Å². The molecule has 168 valence electrons. The van der Waals surface area contributed by atoms with Gasteiger partial charge in [-0.05, 0) is 36.4 Å². The van der Waals surface area contributed by atoms with Crippen LogP contribution in [0.15, 0.2) is 76.2 Å². The van der Waals surface area contributed by atoms with Crippen molar-refractivity contribution >= 4 is 52.8 Å². The number of hydrogen-bond donors (Lipinski definition) is 4. The average Bonchev–Trinajstić information content (AvgIpc) is 3.27. The predicted octanol–water partition coefficient (Wildman–Crippen LogP) is 2.28. The number of carbonyl (C=O) groups excluding carboxylic acids is 4. The van der Waals surface area contributed by atoms with Gasteiger partial charge in [0, 0.05) is 5.69 Å². The highest BCUT2D eigenvalue weighted by Gasteiger charge is 2.15. The van der Waals surface area contributed by atoms with Gasteiger partial charge in [0.15, 0.2) is 0 Å². The molecule has 3 rings (SSSR count). The number of amides is 4. The van der Waals surface area contributed by atoms with Crippen LogP contribution in [0.1, 0.15) is 11.5 Å². The third kappa shape index (κ3) is 7.04. The van der Waals surface area contributed by atoms with Crippen molar-refractivity contribution in [2.45, 2.75) is 6.54 Å². The maximum Gasteiger partial charge on any atom is 0.329 e. The number of nitrogens with zero attached hydrogens (tertiary/aromatic N) is 1. The van der Waals surface area contributed by atoms with Crippen molar-refractivity contribution < 1.29 is 23.6 Å². The molecule has 33 heavy (non-hydrogen) atoms. The van der Waals surface area contributed by atoms with Crippen LogP contribution in [0.5, 0.6) is 0 Å². The zero-order valence-electron chi connectivity index (χ0n) is 17.0. The van der Waals surface area contributed by atoms with E-state index in [1.165, 1.54) is 12.3 Å². The zero-order chi connectivity index (χ0) is 23.6. The topological polar surface area (TPSA) is 142 Å². The molecule has 0 spiro atoms. The second kappa shape index (κ2) is 11.3. The summed E-state index contributed by atoms with van der Waals surface area (Å²) in [5.41, 5.74) is 2.85. The third-order valence-corrected chi connectivity index (χ3v) is 4.36. The molecule has 2 aromatic carbocycles. The number of anilines is 2. The van der Waals surface area contributed by atoms with Gasteiger partial charge in [-0.3, -0.25) is 19.2 Å². The van der Waals surface area contributed by atoms with Crippen LogP contribution in [0, 0.1) is 0 Å². The highest BCUT2D eigenvalue weighted by molar-refractivity contribution is 6.41. The van der Waals surface area contributed by atoms with E-state index in [0.29, 0.717) is 17.1 Å². The van der Waals surface area contributed by atoms with Crippen LogP contribution in [-0.4, -0.2) is 29.8 Å². The van der Waals surface area contributed by atoms with Crippen LogP contribution in [0.4, 0.5) is 11.4 Å². The number of para-hydroxylation sites is 2. The van der Waals surface area contributed by atoms with Gasteiger partial charge in [0.25, 0.3) is 0 Å². The Hall–Kier alpha value is -4.44. The fourth-order valence-electron chi connectivity index (χ4n) is 2.46. The summed E-state index contributed by atoms with van der Waals surface area (Å²) in [6.45, 7) is -0.0402. The molecule has 3 aromatic rings. The Balaban J connectivity index is 1.43. The SMILES string of the molecule is O=C(NCc1ccc(/C=N/NC(=O)C(=O)Nc2ccccc2Cl)o1)C(=O)Nc1ccccc1. The Morgan fingerprint density at radius 1 is 0.818 bits per heavy atom. The number of nitrogens with one attached hydrogen (secondary N) is 4. The van der Waals surface area contributed by atoms with Gasteiger partial charge in [-0.15, -0.1) is 0 Å². The maximum absolute atomic E-state index is 11.9. The first-order valence-electron chi connectivity index (χ1n) is 9.54. The average molecular weight is 468 g/mol. The van der Waals surface area contributed by atoms with E-state index in [2.05, 4.69) is 26.5 Å². The molecule has 1 heterocycles. The van der Waals surface area contributed by atoms with E-state index in [1.54, 1.807) is 60.7 Å². The van der Waals surface area contributed by atoms with Gasteiger partial charge in [-0.2, -0.15) is 5.10 Å². The van der Waals surface area contributed by atoms with Gasteiger partial charge in [0.1, 0.15) is 11.5 Å². The minimum Gasteiger partial charge on any atom is -0.458 e. The summed E-state index contributed by atoms with van der Waals surface area (Å²) in [7, 11) is 0. The van der Waals surface area contributed by atoms with Crippen LogP contribution in [0.25, 0.3) is 0 Å². The second-order valence-corrected chi connectivity index (χ2v) is 6.85. The van der Waals surface area contributed by atoms with Crippen molar-refractivity contribution in [2.24, 2.45) is 5.10 Å². The predicted molar refractivity (Wildman–Crippen MR) is 121 cm³/mol. The third-order valence-electron chi connectivity index (χ3n) is 4.03. The first-order valence-corrected chi connectivity index (χ1v) is 9.92. The second-order valence-electron chi connectivity index (χ2n) is 6.44. The Morgan fingerprint density at radius 2 is 1.52 bits per heavy atom. The molecule has 0 bridgehead atoms. The first kappa shape index (κ1) is 23.2. The van der Waals surface area contributed by atoms with Crippen molar-refractivity contribution in [3.8, 4) is 0 Å². The van der Waals surface area contributed by atoms with E-state index >= 15 is 0 Å². The first-order chi connectivity index (χ1) is 15.9. The van der Waals surface area contributed by atoms with Crippen molar-refractivity contribution in [2.75, 3.05) is 10.6 Å². The maximum atomic E-state index is 11.9. The molecule has 0 saturated carbocycles. The van der Waals surface area contributed by atoms with Crippen LogP contribution >= 0.6 is 11.6 Å². The zero-order valence-corrected chi connectivity index (χ0v) is 17.8. The number of furan rings is 1. The molecule has 1 aromatic heterocycles. The molecule has 0 saturated heterocycles. The minimum atomic E-state index is -1.00. The van der Waals surface area contributed by atoms with E-state index in [4.69, 9.17) is 16.0 Å². The van der Waals surface area contributed by atoms with Crippen LogP contribution in [-0.2, 0) is 25.7 Å². The molecule has 0 unspecified atom stereocenters. The smallest absolute Gasteiger partial charge is 0.329 e. The van der Waals surface area contributed by atoms with Gasteiger partial charge in [-0.25, -0.2) is 5.43 Å². The lowest BCUT2D eigenvalue weighted by Gasteiger charge is -2.05. The highest BCUT2D eigenvalue weighted by Crippen LogP contribution is 2.20. The molecular formula is C22H18ClN5O5. The molecule has 0 aliphatic carbocycles. The molecule has 0 atom stereocenters. The summed E-state index contributed by atoms with van der Waals surface area (Å²) in [5, 5.41) is 11.2. The summed E-state index contributed by atoms with van der Waals surface area (Å²) < 4.78 is 5.42. The number of hydrogen-bond acceptors (Lipinski definition) is 6. The molecule has 10 nitrogen and oxygen atoms in total. The number of carbonyl (C=O) groups is 4. The standard InChI is InChI=1S/C22H18ClN5O5/c23-17-8-4-5-9-18(17)27-21(31)22(32)28-25-13-16-11-10-15(33-16)12-24-19(29)20(30)26-14-6-2-1-3-7-14/h1-11,13H,12H2,(H,24,29)(H,26,30)(H,27,31)(H,28,32)/b25-13+. The van der Waals surface area contributed by atoms with Crippen LogP contribution in [0.3, 0.4) is 0 Å². The van der Waals surface area contributed by atoms with E-state index in [-0.39, 0.29) is 17.3 Å². The van der Waals surface area contributed by atoms with E-state index in [9.17, 15) is 19.2 Å². The molecule has 0 fully saturated rings. The van der Waals surface area contributed by atoms with Gasteiger partial charge in [0.05, 0.1) is 23.5 Å². The molecule has 11 heteroatoms. The lowest BCUT2D eigenvalue weighted by molar-refractivity contribution is -0.136. The number of rotatable bonds is 6. The van der Waals surface area contributed by atoms with Crippen molar-refractivity contribution in [1.29, 1.82) is 0 Å². The van der Waals surface area contributed by atoms with Gasteiger partial charge < -0.3 is 20.4 Å². The fraction of sp³-hybridized carbons (Fsp3) is 0.0455. The Labute approximate surface area is 193 Å². The largest absolute Gasteiger partial charge is 0.458 e. The summed E-state index contributed by atoms with van der Waals surface area (Å²) >= 11 is 5.92. The van der Waals surface area contributed by atoms with E-state index < -0.39 is 23.6 Å². The Kier molecular flexibility index (Phi) is 7.92. The molecular weight excluding hydrogens is 450 g/mol. The monoisotopic (exact) mass is 467 g/mol. The number of benzene rings is 2. The lowest BCUT2D eigenvalue weighted by Crippen LogP contribution is -2.34. The fourth-order valence-corrected chi connectivity index (χ4v) is 2.65. The lowest BCUT2D eigenvalue weighted by atomic mass is 10.3. The van der Waals surface area contributed by atoms with Crippen molar-refractivity contribution in [3.63, 3.8) is 0 Å². The minimum absolute atomic E-state index is 0.0402. The number of hydrazone groups is 1. The molecule has 0 radical (unpaired) electrons. The summed E-state index contributed by atoms with van der Waals surface area (Å²) in [4.78, 5) is 47.5. The summed E-state index contributed by atoms with van der Waals surface area (Å²) in [6.07, 6.45) is 1.17.